The van der Waals surface area contributed by atoms with Crippen LogP contribution < -0.4 is 10.2 Å². The van der Waals surface area contributed by atoms with E-state index in [9.17, 15) is 39.5 Å². The van der Waals surface area contributed by atoms with Crippen molar-refractivity contribution in [3.05, 3.63) is 69.8 Å². The summed E-state index contributed by atoms with van der Waals surface area (Å²) >= 11 is 0. The first-order valence-electron chi connectivity index (χ1n) is 14.8. The fourth-order valence-corrected chi connectivity index (χ4v) is 6.01. The van der Waals surface area contributed by atoms with Crippen molar-refractivity contribution in [2.45, 2.75) is 76.8 Å². The third kappa shape index (κ3) is 8.49. The minimum atomic E-state index is -5.08. The molecule has 2 aromatic carbocycles. The fraction of sp³-hybridized carbons (Fsp3) is 0.567. The molecule has 0 amide bonds. The Bertz CT molecular complexity index is 1430. The Morgan fingerprint density at radius 3 is 2.04 bits per heavy atom. The van der Waals surface area contributed by atoms with Gasteiger partial charge in [0, 0.05) is 25.2 Å². The lowest BCUT2D eigenvalue weighted by molar-refractivity contribution is -0.143. The van der Waals surface area contributed by atoms with Gasteiger partial charge in [-0.3, -0.25) is 4.90 Å². The van der Waals surface area contributed by atoms with Crippen LogP contribution in [0.2, 0.25) is 0 Å². The average Bonchev–Trinajstić information content (AvgIpc) is 3.42. The molecule has 1 fully saturated rings. The molecular weight excluding hydrogens is 629 g/mol. The molecule has 1 saturated heterocycles. The molecule has 254 valence electrons. The summed E-state index contributed by atoms with van der Waals surface area (Å²) < 4.78 is 124. The van der Waals surface area contributed by atoms with Gasteiger partial charge in [-0.1, -0.05) is 18.1 Å². The van der Waals surface area contributed by atoms with Crippen LogP contribution in [-0.4, -0.2) is 51.3 Å². The normalized spacial score (nSPS) is 17.7. The molecule has 3 atom stereocenters. The third-order valence-electron chi connectivity index (χ3n) is 8.53. The second-order valence-electron chi connectivity index (χ2n) is 11.7. The Balaban J connectivity index is 1.80. The second-order valence-corrected chi connectivity index (χ2v) is 11.7. The zero-order valence-corrected chi connectivity index (χ0v) is 25.7. The number of halogens is 9. The predicted octanol–water partition coefficient (Wildman–Crippen LogP) is 7.24. The Morgan fingerprint density at radius 2 is 1.54 bits per heavy atom. The Labute approximate surface area is 260 Å². The molecule has 0 radical (unpaired) electrons. The molecule has 46 heavy (non-hydrogen) atoms. The number of benzene rings is 2. The van der Waals surface area contributed by atoms with Gasteiger partial charge in [0.25, 0.3) is 5.95 Å². The number of tetrazole rings is 1. The van der Waals surface area contributed by atoms with E-state index in [1.807, 2.05) is 14.0 Å². The summed E-state index contributed by atoms with van der Waals surface area (Å²) in [5.41, 5.74) is -3.63. The number of nitrogens with one attached hydrogen (secondary N) is 1. The van der Waals surface area contributed by atoms with Crippen molar-refractivity contribution in [2.24, 2.45) is 13.0 Å². The standard InChI is InChI=1S/C30H36F9N7/c1-5-26(44(3)18(2)20-7-6-10-40-15-20)25-9-8-22(28(31,32)33)13-21(25)17-46(27-41-43-45(4)42-27)16-19-11-23(29(34,35)36)14-24(12-19)30(37,38)39/h8-9,11-14,18,20,26,40H,5-7,10,15-17H2,1-4H3. The van der Waals surface area contributed by atoms with Gasteiger partial charge in [0.1, 0.15) is 0 Å². The molecule has 0 spiro atoms. The summed E-state index contributed by atoms with van der Waals surface area (Å²) in [4.78, 5) is 4.37. The molecule has 0 aliphatic carbocycles. The maximum atomic E-state index is 14.0. The van der Waals surface area contributed by atoms with E-state index >= 15 is 0 Å². The lowest BCUT2D eigenvalue weighted by Crippen LogP contribution is -2.44. The first-order chi connectivity index (χ1) is 21.4. The number of hydrogen-bond donors (Lipinski definition) is 1. The van der Waals surface area contributed by atoms with Crippen LogP contribution in [0.1, 0.15) is 72.5 Å². The molecule has 3 aromatic rings. The summed E-state index contributed by atoms with van der Waals surface area (Å²) in [6.07, 6.45) is -12.4. The van der Waals surface area contributed by atoms with E-state index in [2.05, 4.69) is 32.6 Å². The van der Waals surface area contributed by atoms with Crippen LogP contribution in [0.4, 0.5) is 45.5 Å². The molecule has 3 unspecified atom stereocenters. The van der Waals surface area contributed by atoms with Crippen molar-refractivity contribution in [3.8, 4) is 0 Å². The second kappa shape index (κ2) is 13.8. The van der Waals surface area contributed by atoms with Crippen LogP contribution in [0.15, 0.2) is 36.4 Å². The molecule has 0 bridgehead atoms. The summed E-state index contributed by atoms with van der Waals surface area (Å²) in [6, 6.07) is 4.22. The van der Waals surface area contributed by atoms with Crippen molar-refractivity contribution < 1.29 is 39.5 Å². The van der Waals surface area contributed by atoms with Crippen LogP contribution in [0.3, 0.4) is 0 Å². The summed E-state index contributed by atoms with van der Waals surface area (Å²) in [5, 5.41) is 15.1. The summed E-state index contributed by atoms with van der Waals surface area (Å²) in [6.45, 7) is 4.74. The van der Waals surface area contributed by atoms with Gasteiger partial charge in [-0.2, -0.15) is 44.3 Å². The van der Waals surface area contributed by atoms with Gasteiger partial charge in [-0.25, -0.2) is 0 Å². The van der Waals surface area contributed by atoms with Gasteiger partial charge in [0.2, 0.25) is 0 Å². The Kier molecular flexibility index (Phi) is 10.6. The lowest BCUT2D eigenvalue weighted by Gasteiger charge is -2.40. The fourth-order valence-electron chi connectivity index (χ4n) is 6.01. The molecule has 1 N–H and O–H groups in total. The van der Waals surface area contributed by atoms with Crippen molar-refractivity contribution in [3.63, 3.8) is 0 Å². The van der Waals surface area contributed by atoms with E-state index in [0.717, 1.165) is 42.9 Å². The number of rotatable bonds is 10. The highest BCUT2D eigenvalue weighted by molar-refractivity contribution is 5.42. The highest BCUT2D eigenvalue weighted by Gasteiger charge is 2.38. The largest absolute Gasteiger partial charge is 0.416 e. The average molecular weight is 666 g/mol. The van der Waals surface area contributed by atoms with Crippen molar-refractivity contribution >= 4 is 5.95 Å². The first kappa shape index (κ1) is 35.5. The molecule has 2 heterocycles. The van der Waals surface area contributed by atoms with Gasteiger partial charge in [0.15, 0.2) is 0 Å². The van der Waals surface area contributed by atoms with Gasteiger partial charge < -0.3 is 10.2 Å². The van der Waals surface area contributed by atoms with E-state index in [4.69, 9.17) is 0 Å². The molecule has 1 aromatic heterocycles. The number of nitrogens with zero attached hydrogens (tertiary/aromatic N) is 6. The number of piperidine rings is 1. The topological polar surface area (TPSA) is 62.1 Å². The van der Waals surface area contributed by atoms with Crippen LogP contribution >= 0.6 is 0 Å². The zero-order valence-electron chi connectivity index (χ0n) is 25.7. The predicted molar refractivity (Wildman–Crippen MR) is 152 cm³/mol. The quantitative estimate of drug-likeness (QED) is 0.231. The molecular formula is C30H36F9N7. The Morgan fingerprint density at radius 1 is 0.913 bits per heavy atom. The molecule has 1 aliphatic heterocycles. The Hall–Kier alpha value is -3.40. The molecule has 7 nitrogen and oxygen atoms in total. The van der Waals surface area contributed by atoms with Crippen LogP contribution in [-0.2, 0) is 38.7 Å². The van der Waals surface area contributed by atoms with Gasteiger partial charge in [-0.15, -0.1) is 5.10 Å². The van der Waals surface area contributed by atoms with E-state index in [1.54, 1.807) is 0 Å². The molecule has 1 aliphatic rings. The minimum Gasteiger partial charge on any atom is -0.330 e. The highest BCUT2D eigenvalue weighted by atomic mass is 19.4. The monoisotopic (exact) mass is 665 g/mol. The third-order valence-corrected chi connectivity index (χ3v) is 8.53. The first-order valence-corrected chi connectivity index (χ1v) is 14.8. The lowest BCUT2D eigenvalue weighted by atomic mass is 9.88. The van der Waals surface area contributed by atoms with Crippen molar-refractivity contribution in [1.29, 1.82) is 0 Å². The van der Waals surface area contributed by atoms with Crippen LogP contribution in [0.25, 0.3) is 0 Å². The molecule has 4 rings (SSSR count). The number of alkyl halides is 9. The van der Waals surface area contributed by atoms with E-state index in [1.165, 1.54) is 18.0 Å². The zero-order chi connectivity index (χ0) is 34.0. The molecule has 16 heteroatoms. The minimum absolute atomic E-state index is 0.0179. The maximum absolute atomic E-state index is 14.0. The smallest absolute Gasteiger partial charge is 0.330 e. The van der Waals surface area contributed by atoms with Crippen LogP contribution in [0, 0.1) is 5.92 Å². The summed E-state index contributed by atoms with van der Waals surface area (Å²) in [7, 11) is 3.30. The molecule has 0 saturated carbocycles. The highest BCUT2D eigenvalue weighted by Crippen LogP contribution is 2.39. The van der Waals surface area contributed by atoms with E-state index in [-0.39, 0.29) is 41.8 Å². The van der Waals surface area contributed by atoms with Gasteiger partial charge >= 0.3 is 18.5 Å². The van der Waals surface area contributed by atoms with Crippen molar-refractivity contribution in [1.82, 2.24) is 30.4 Å². The number of aromatic nitrogens is 4. The van der Waals surface area contributed by atoms with E-state index in [0.29, 0.717) is 30.0 Å². The summed E-state index contributed by atoms with van der Waals surface area (Å²) in [5.74, 6) is 0.120. The number of aryl methyl sites for hydroxylation is 1. The van der Waals surface area contributed by atoms with Crippen molar-refractivity contribution in [2.75, 3.05) is 25.0 Å². The number of anilines is 1. The maximum Gasteiger partial charge on any atom is 0.416 e. The van der Waals surface area contributed by atoms with E-state index < -0.39 is 41.8 Å². The number of hydrogen-bond acceptors (Lipinski definition) is 6. The van der Waals surface area contributed by atoms with Crippen LogP contribution in [0.5, 0.6) is 0 Å². The van der Waals surface area contributed by atoms with Gasteiger partial charge in [-0.05, 0) is 104 Å². The SMILES string of the molecule is CCC(c1ccc(C(F)(F)F)cc1CN(Cc1cc(C(F)(F)F)cc(C(F)(F)F)c1)c1nnn(C)n1)N(C)C(C)C1CCCNC1. The van der Waals surface area contributed by atoms with Gasteiger partial charge in [0.05, 0.1) is 23.7 Å².